The summed E-state index contributed by atoms with van der Waals surface area (Å²) < 4.78 is 0. The summed E-state index contributed by atoms with van der Waals surface area (Å²) in [5, 5.41) is 0. The molecule has 0 aliphatic carbocycles. The van der Waals surface area contributed by atoms with Crippen LogP contribution in [0.1, 0.15) is 11.1 Å². The Balaban J connectivity index is -0.000000163. The van der Waals surface area contributed by atoms with Gasteiger partial charge in [0.1, 0.15) is 0 Å². The number of hydrogen-bond acceptors (Lipinski definition) is 0. The monoisotopic (exact) mass is 255 g/mol. The van der Waals surface area contributed by atoms with Gasteiger partial charge in [-0.25, -0.2) is 11.6 Å². The smallest absolute Gasteiger partial charge is 0 e. The molecule has 0 atom stereocenters. The molecule has 0 aliphatic rings. The van der Waals surface area contributed by atoms with Gasteiger partial charge in [-0.1, -0.05) is 13.8 Å². The van der Waals surface area contributed by atoms with Crippen LogP contribution in [0.5, 0.6) is 0 Å². The zero-order chi connectivity index (χ0) is 5.28. The molecule has 0 aromatic heterocycles. The summed E-state index contributed by atoms with van der Waals surface area (Å²) in [5.74, 6) is 0. The minimum atomic E-state index is 0. The normalized spacial score (nSPS) is 6.60. The van der Waals surface area contributed by atoms with Crippen molar-refractivity contribution in [2.24, 2.45) is 0 Å². The molecule has 0 spiro atoms. The second kappa shape index (κ2) is 7.92. The van der Waals surface area contributed by atoms with Crippen LogP contribution >= 0.6 is 24.8 Å². The molecule has 1 aromatic rings. The van der Waals surface area contributed by atoms with Gasteiger partial charge in [0.15, 0.2) is 0 Å². The first-order chi connectivity index (χ1) is 3.29. The second-order valence-electron chi connectivity index (χ2n) is 1.97. The first kappa shape index (κ1) is 17.1. The largest absolute Gasteiger partial charge is 0.211 e. The van der Waals surface area contributed by atoms with Gasteiger partial charge < -0.3 is 0 Å². The van der Waals surface area contributed by atoms with Crippen LogP contribution in [0.3, 0.4) is 0 Å². The molecular weight excluding hydrogens is 246 g/mol. The summed E-state index contributed by atoms with van der Waals surface area (Å²) in [5.41, 5.74) is 2.72. The first-order valence-corrected chi connectivity index (χ1v) is 2.49. The molecule has 0 radical (unpaired) electrons. The second-order valence-corrected chi connectivity index (χ2v) is 1.97. The molecular formula is C7H11Cl2Zr-. The van der Waals surface area contributed by atoms with Crippen molar-refractivity contribution in [1.82, 2.24) is 0 Å². The molecule has 1 rings (SSSR count). The number of rotatable bonds is 0. The van der Waals surface area contributed by atoms with Crippen molar-refractivity contribution >= 4 is 24.8 Å². The Labute approximate surface area is 93.7 Å². The summed E-state index contributed by atoms with van der Waals surface area (Å²) >= 11 is 0. The minimum Gasteiger partial charge on any atom is -0.211 e. The molecule has 0 saturated carbocycles. The molecule has 0 heterocycles. The maximum atomic E-state index is 2.17. The maximum absolute atomic E-state index is 2.17. The Kier molecular flexibility index (Phi) is 13.5. The zero-order valence-electron chi connectivity index (χ0n) is 6.05. The van der Waals surface area contributed by atoms with E-state index in [1.54, 1.807) is 0 Å². The fourth-order valence-electron chi connectivity index (χ4n) is 0.718. The van der Waals surface area contributed by atoms with Gasteiger partial charge in [-0.3, -0.25) is 0 Å². The summed E-state index contributed by atoms with van der Waals surface area (Å²) in [6, 6.07) is 6.41. The molecule has 0 N–H and O–H groups in total. The Hall–Kier alpha value is 0.813. The molecule has 0 fully saturated rings. The fraction of sp³-hybridized carbons (Fsp3) is 0.286. The van der Waals surface area contributed by atoms with Gasteiger partial charge in [0.2, 0.25) is 0 Å². The predicted octanol–water partition coefficient (Wildman–Crippen LogP) is 2.86. The van der Waals surface area contributed by atoms with Crippen LogP contribution in [0.4, 0.5) is 0 Å². The summed E-state index contributed by atoms with van der Waals surface area (Å²) in [6.07, 6.45) is 0. The van der Waals surface area contributed by atoms with E-state index in [0.29, 0.717) is 0 Å². The number of aryl methyl sites for hydroxylation is 2. The van der Waals surface area contributed by atoms with Gasteiger partial charge in [-0.15, -0.1) is 24.8 Å². The van der Waals surface area contributed by atoms with Crippen LogP contribution in [0.25, 0.3) is 0 Å². The van der Waals surface area contributed by atoms with Crippen LogP contribution < -0.4 is 0 Å². The van der Waals surface area contributed by atoms with E-state index in [1.807, 2.05) is 0 Å². The molecule has 0 aliphatic heterocycles. The van der Waals surface area contributed by atoms with Gasteiger partial charge in [0, 0.05) is 26.2 Å². The Morgan fingerprint density at radius 3 is 1.90 bits per heavy atom. The fourth-order valence-corrected chi connectivity index (χ4v) is 0.718. The molecule has 10 heavy (non-hydrogen) atoms. The summed E-state index contributed by atoms with van der Waals surface area (Å²) in [6.45, 7) is 4.21. The molecule has 0 amide bonds. The average molecular weight is 257 g/mol. The quantitative estimate of drug-likeness (QED) is 0.627. The maximum Gasteiger partial charge on any atom is 0 e. The van der Waals surface area contributed by atoms with Crippen LogP contribution in [-0.2, 0) is 26.2 Å². The number of hydrogen-bond donors (Lipinski definition) is 0. The van der Waals surface area contributed by atoms with Crippen molar-refractivity contribution in [1.29, 1.82) is 0 Å². The Morgan fingerprint density at radius 2 is 1.80 bits per heavy atom. The van der Waals surface area contributed by atoms with Gasteiger partial charge >= 0.3 is 0 Å². The zero-order valence-corrected chi connectivity index (χ0v) is 10.1. The third-order valence-electron chi connectivity index (χ3n) is 1.06. The SMILES string of the molecule is Cc1cc[c-](C)c1.Cl.Cl.[Zr]. The van der Waals surface area contributed by atoms with Crippen LogP contribution in [0.15, 0.2) is 18.2 Å². The van der Waals surface area contributed by atoms with Gasteiger partial charge in [-0.05, 0) is 0 Å². The van der Waals surface area contributed by atoms with Crippen molar-refractivity contribution in [2.75, 3.05) is 0 Å². The first-order valence-electron chi connectivity index (χ1n) is 2.49. The van der Waals surface area contributed by atoms with Gasteiger partial charge in [0.25, 0.3) is 0 Å². The standard InChI is InChI=1S/C7H9.2ClH.Zr/c1-6-3-4-7(2)5-6;;;/h3-5H,1-2H3;2*1H;/q-1;;;. The van der Waals surface area contributed by atoms with Crippen LogP contribution in [0.2, 0.25) is 0 Å². The topological polar surface area (TPSA) is 0 Å². The molecule has 58 valence electrons. The van der Waals surface area contributed by atoms with E-state index in [4.69, 9.17) is 0 Å². The van der Waals surface area contributed by atoms with E-state index in [2.05, 4.69) is 32.0 Å². The van der Waals surface area contributed by atoms with E-state index in [-0.39, 0.29) is 51.0 Å². The van der Waals surface area contributed by atoms with Gasteiger partial charge in [0.05, 0.1) is 0 Å². The van der Waals surface area contributed by atoms with E-state index >= 15 is 0 Å². The van der Waals surface area contributed by atoms with Crippen molar-refractivity contribution in [3.63, 3.8) is 0 Å². The van der Waals surface area contributed by atoms with Gasteiger partial charge in [-0.2, -0.15) is 17.7 Å². The minimum absolute atomic E-state index is 0. The van der Waals surface area contributed by atoms with Crippen molar-refractivity contribution in [2.45, 2.75) is 13.8 Å². The molecule has 0 unspecified atom stereocenters. The molecule has 1 aromatic carbocycles. The molecule has 0 bridgehead atoms. The number of halogens is 2. The van der Waals surface area contributed by atoms with Crippen LogP contribution in [-0.4, -0.2) is 0 Å². The van der Waals surface area contributed by atoms with E-state index in [1.165, 1.54) is 11.1 Å². The Bertz CT molecular complexity index is 144. The molecule has 0 nitrogen and oxygen atoms in total. The van der Waals surface area contributed by atoms with Crippen molar-refractivity contribution in [3.8, 4) is 0 Å². The third-order valence-corrected chi connectivity index (χ3v) is 1.06. The molecule has 0 saturated heterocycles. The Morgan fingerprint density at radius 1 is 1.30 bits per heavy atom. The summed E-state index contributed by atoms with van der Waals surface area (Å²) in [7, 11) is 0. The van der Waals surface area contributed by atoms with Crippen LogP contribution in [0, 0.1) is 13.8 Å². The summed E-state index contributed by atoms with van der Waals surface area (Å²) in [4.78, 5) is 0. The van der Waals surface area contributed by atoms with Crippen molar-refractivity contribution in [3.05, 3.63) is 29.3 Å². The van der Waals surface area contributed by atoms with Crippen molar-refractivity contribution < 1.29 is 26.2 Å². The van der Waals surface area contributed by atoms with E-state index in [9.17, 15) is 0 Å². The van der Waals surface area contributed by atoms with E-state index < -0.39 is 0 Å². The molecule has 3 heteroatoms. The van der Waals surface area contributed by atoms with E-state index in [0.717, 1.165) is 0 Å². The third kappa shape index (κ3) is 5.59. The predicted molar refractivity (Wildman–Crippen MR) is 46.0 cm³/mol. The average Bonchev–Trinajstić information content (AvgIpc) is 1.87.